The maximum absolute atomic E-state index is 5.25. The zero-order valence-electron chi connectivity index (χ0n) is 12.3. The van der Waals surface area contributed by atoms with E-state index in [0.29, 0.717) is 5.82 Å². The molecule has 0 amide bonds. The predicted molar refractivity (Wildman–Crippen MR) is 85.0 cm³/mol. The van der Waals surface area contributed by atoms with Crippen LogP contribution in [-0.2, 0) is 0 Å². The van der Waals surface area contributed by atoms with Crippen molar-refractivity contribution in [1.82, 2.24) is 19.6 Å². The Labute approximate surface area is 127 Å². The highest BCUT2D eigenvalue weighted by Crippen LogP contribution is 2.26. The summed E-state index contributed by atoms with van der Waals surface area (Å²) >= 11 is 0. The van der Waals surface area contributed by atoms with Crippen molar-refractivity contribution in [3.05, 3.63) is 54.4 Å². The summed E-state index contributed by atoms with van der Waals surface area (Å²) in [5.74, 6) is 1.52. The number of hydrogen-bond donors (Lipinski definition) is 0. The van der Waals surface area contributed by atoms with Crippen molar-refractivity contribution in [2.24, 2.45) is 0 Å². The molecule has 0 spiro atoms. The van der Waals surface area contributed by atoms with E-state index in [0.717, 1.165) is 33.4 Å². The lowest BCUT2D eigenvalue weighted by Crippen LogP contribution is -1.91. The highest BCUT2D eigenvalue weighted by molar-refractivity contribution is 5.91. The third kappa shape index (κ3) is 1.90. The quantitative estimate of drug-likeness (QED) is 0.568. The third-order valence-electron chi connectivity index (χ3n) is 3.76. The van der Waals surface area contributed by atoms with Crippen LogP contribution in [0.4, 0.5) is 0 Å². The number of benzene rings is 2. The Hall–Kier alpha value is -2.95. The molecule has 0 aliphatic heterocycles. The van der Waals surface area contributed by atoms with Crippen LogP contribution in [0.5, 0.6) is 5.75 Å². The molecule has 0 saturated carbocycles. The normalized spacial score (nSPS) is 11.2. The summed E-state index contributed by atoms with van der Waals surface area (Å²) in [7, 11) is 1.66. The maximum atomic E-state index is 5.25. The molecule has 0 bridgehead atoms. The van der Waals surface area contributed by atoms with Gasteiger partial charge < -0.3 is 4.74 Å². The number of methoxy groups -OCH3 is 1. The molecule has 5 nitrogen and oxygen atoms in total. The Bertz CT molecular complexity index is 990. The van der Waals surface area contributed by atoms with E-state index < -0.39 is 0 Å². The van der Waals surface area contributed by atoms with E-state index in [2.05, 4.69) is 10.1 Å². The lowest BCUT2D eigenvalue weighted by atomic mass is 10.1. The van der Waals surface area contributed by atoms with Crippen molar-refractivity contribution in [3.8, 4) is 17.1 Å². The second-order valence-corrected chi connectivity index (χ2v) is 5.15. The van der Waals surface area contributed by atoms with Gasteiger partial charge in [0, 0.05) is 10.9 Å². The molecule has 0 atom stereocenters. The van der Waals surface area contributed by atoms with Crippen molar-refractivity contribution in [3.63, 3.8) is 0 Å². The molecular weight excluding hydrogens is 276 g/mol. The summed E-state index contributed by atoms with van der Waals surface area (Å²) in [4.78, 5) is 9.11. The fraction of sp³-hybridized carbons (Fsp3) is 0.118. The summed E-state index contributed by atoms with van der Waals surface area (Å²) in [5, 5.41) is 5.55. The number of aromatic nitrogens is 4. The Balaban J connectivity index is 1.95. The molecular formula is C17H14N4O. The van der Waals surface area contributed by atoms with Gasteiger partial charge in [0.05, 0.1) is 12.6 Å². The lowest BCUT2D eigenvalue weighted by molar-refractivity contribution is 0.414. The standard InChI is InChI=1S/C17H14N4O/c1-11-9-12(22-2)7-8-13(11)16-19-17-14-5-3-4-6-15(14)18-10-21(17)20-16/h3-10H,1-2H3. The number of aryl methyl sites for hydroxylation is 1. The largest absolute Gasteiger partial charge is 0.497 e. The van der Waals surface area contributed by atoms with Crippen LogP contribution in [0.2, 0.25) is 0 Å². The van der Waals surface area contributed by atoms with Gasteiger partial charge in [-0.15, -0.1) is 5.10 Å². The smallest absolute Gasteiger partial charge is 0.182 e. The van der Waals surface area contributed by atoms with Crippen molar-refractivity contribution in [1.29, 1.82) is 0 Å². The van der Waals surface area contributed by atoms with Crippen LogP contribution >= 0.6 is 0 Å². The zero-order valence-corrected chi connectivity index (χ0v) is 12.3. The van der Waals surface area contributed by atoms with Gasteiger partial charge in [-0.1, -0.05) is 12.1 Å². The van der Waals surface area contributed by atoms with E-state index in [1.54, 1.807) is 18.0 Å². The summed E-state index contributed by atoms with van der Waals surface area (Å²) in [6, 6.07) is 13.8. The lowest BCUT2D eigenvalue weighted by Gasteiger charge is -2.04. The summed E-state index contributed by atoms with van der Waals surface area (Å²) < 4.78 is 6.97. The molecule has 2 aromatic heterocycles. The molecule has 0 fully saturated rings. The molecule has 0 aliphatic carbocycles. The number of hydrogen-bond acceptors (Lipinski definition) is 4. The number of fused-ring (bicyclic) bond motifs is 3. The molecule has 2 aromatic carbocycles. The van der Waals surface area contributed by atoms with Crippen molar-refractivity contribution < 1.29 is 4.74 Å². The molecule has 5 heteroatoms. The first kappa shape index (κ1) is 12.8. The van der Waals surface area contributed by atoms with Crippen LogP contribution in [0.3, 0.4) is 0 Å². The molecule has 0 N–H and O–H groups in total. The Kier molecular flexibility index (Phi) is 2.79. The number of para-hydroxylation sites is 1. The second kappa shape index (κ2) is 4.80. The summed E-state index contributed by atoms with van der Waals surface area (Å²) in [6.45, 7) is 2.03. The minimum Gasteiger partial charge on any atom is -0.497 e. The van der Waals surface area contributed by atoms with Gasteiger partial charge in [-0.05, 0) is 42.8 Å². The van der Waals surface area contributed by atoms with Crippen LogP contribution in [0.25, 0.3) is 27.9 Å². The van der Waals surface area contributed by atoms with E-state index in [9.17, 15) is 0 Å². The Morgan fingerprint density at radius 2 is 1.95 bits per heavy atom. The maximum Gasteiger partial charge on any atom is 0.182 e. The van der Waals surface area contributed by atoms with Gasteiger partial charge in [0.15, 0.2) is 11.5 Å². The number of ether oxygens (including phenoxy) is 1. The zero-order chi connectivity index (χ0) is 15.1. The second-order valence-electron chi connectivity index (χ2n) is 5.15. The van der Waals surface area contributed by atoms with Gasteiger partial charge >= 0.3 is 0 Å². The van der Waals surface area contributed by atoms with Crippen molar-refractivity contribution in [2.45, 2.75) is 6.92 Å². The van der Waals surface area contributed by atoms with Gasteiger partial charge in [0.25, 0.3) is 0 Å². The fourth-order valence-corrected chi connectivity index (χ4v) is 2.61. The van der Waals surface area contributed by atoms with E-state index in [-0.39, 0.29) is 0 Å². The molecule has 2 heterocycles. The first-order chi connectivity index (χ1) is 10.8. The molecule has 108 valence electrons. The van der Waals surface area contributed by atoms with Crippen LogP contribution in [-0.4, -0.2) is 26.7 Å². The molecule has 0 saturated heterocycles. The van der Waals surface area contributed by atoms with Gasteiger partial charge in [-0.2, -0.15) is 0 Å². The van der Waals surface area contributed by atoms with Gasteiger partial charge in [0.2, 0.25) is 0 Å². The highest BCUT2D eigenvalue weighted by Gasteiger charge is 2.12. The van der Waals surface area contributed by atoms with Crippen LogP contribution in [0.1, 0.15) is 5.56 Å². The van der Waals surface area contributed by atoms with Crippen LogP contribution in [0, 0.1) is 6.92 Å². The third-order valence-corrected chi connectivity index (χ3v) is 3.76. The first-order valence-corrected chi connectivity index (χ1v) is 7.01. The average molecular weight is 290 g/mol. The number of rotatable bonds is 2. The molecule has 0 unspecified atom stereocenters. The van der Waals surface area contributed by atoms with E-state index in [4.69, 9.17) is 9.72 Å². The van der Waals surface area contributed by atoms with Crippen molar-refractivity contribution in [2.75, 3.05) is 7.11 Å². The Morgan fingerprint density at radius 1 is 1.09 bits per heavy atom. The molecule has 4 rings (SSSR count). The minimum atomic E-state index is 0.693. The SMILES string of the molecule is COc1ccc(-c2nc3c4ccccc4ncn3n2)c(C)c1. The average Bonchev–Trinajstić information content (AvgIpc) is 2.99. The van der Waals surface area contributed by atoms with Gasteiger partial charge in [-0.3, -0.25) is 0 Å². The van der Waals surface area contributed by atoms with Crippen LogP contribution in [0.15, 0.2) is 48.8 Å². The monoisotopic (exact) mass is 290 g/mol. The highest BCUT2D eigenvalue weighted by atomic mass is 16.5. The van der Waals surface area contributed by atoms with E-state index in [1.807, 2.05) is 49.4 Å². The van der Waals surface area contributed by atoms with Gasteiger partial charge in [-0.25, -0.2) is 14.5 Å². The summed E-state index contributed by atoms with van der Waals surface area (Å²) in [6.07, 6.45) is 1.70. The Morgan fingerprint density at radius 3 is 2.77 bits per heavy atom. The topological polar surface area (TPSA) is 52.3 Å². The fourth-order valence-electron chi connectivity index (χ4n) is 2.61. The number of nitrogens with zero attached hydrogens (tertiary/aromatic N) is 4. The predicted octanol–water partition coefficient (Wildman–Crippen LogP) is 3.26. The van der Waals surface area contributed by atoms with E-state index in [1.165, 1.54) is 0 Å². The molecule has 0 radical (unpaired) electrons. The molecule has 4 aromatic rings. The summed E-state index contributed by atoms with van der Waals surface area (Å²) in [5.41, 5.74) is 3.80. The van der Waals surface area contributed by atoms with E-state index >= 15 is 0 Å². The molecule has 0 aliphatic rings. The van der Waals surface area contributed by atoms with Gasteiger partial charge in [0.1, 0.15) is 12.1 Å². The van der Waals surface area contributed by atoms with Crippen LogP contribution < -0.4 is 4.74 Å². The minimum absolute atomic E-state index is 0.693. The first-order valence-electron chi connectivity index (χ1n) is 7.01. The molecule has 22 heavy (non-hydrogen) atoms. The van der Waals surface area contributed by atoms with Crippen molar-refractivity contribution >= 4 is 16.6 Å².